The van der Waals surface area contributed by atoms with E-state index in [0.717, 1.165) is 16.7 Å². The maximum Gasteiger partial charge on any atom is 0.148 e. The zero-order valence-corrected chi connectivity index (χ0v) is 17.7. The third kappa shape index (κ3) is 4.04. The van der Waals surface area contributed by atoms with Crippen molar-refractivity contribution >= 4 is 11.8 Å². The molecule has 0 radical (unpaired) electrons. The van der Waals surface area contributed by atoms with Crippen LogP contribution in [-0.2, 0) is 15.1 Å². The largest absolute Gasteiger partial charge is 0.493 e. The molecule has 0 saturated heterocycles. The van der Waals surface area contributed by atoms with E-state index in [1.54, 1.807) is 18.0 Å². The molecular weight excluding hydrogens is 392 g/mol. The zero-order chi connectivity index (χ0) is 20.8. The number of hydrogen-bond donors (Lipinski definition) is 1. The third-order valence-corrected chi connectivity index (χ3v) is 6.50. The monoisotopic (exact) mass is 418 g/mol. The molecule has 0 unspecified atom stereocenters. The quantitative estimate of drug-likeness (QED) is 0.548. The Kier molecular flexibility index (Phi) is 6.58. The van der Waals surface area contributed by atoms with Crippen LogP contribution < -0.4 is 0 Å². The molecule has 1 N–H and O–H groups in total. The van der Waals surface area contributed by atoms with Crippen molar-refractivity contribution < 1.29 is 14.6 Å². The Labute approximate surface area is 182 Å². The Balaban J connectivity index is 1.78. The van der Waals surface area contributed by atoms with Gasteiger partial charge in [0.15, 0.2) is 0 Å². The van der Waals surface area contributed by atoms with Gasteiger partial charge in [0.25, 0.3) is 0 Å². The van der Waals surface area contributed by atoms with E-state index in [4.69, 9.17) is 9.47 Å². The molecular formula is C26H26O3S. The molecule has 0 aromatic heterocycles. The lowest BCUT2D eigenvalue weighted by molar-refractivity contribution is -0.0858. The van der Waals surface area contributed by atoms with E-state index in [1.807, 2.05) is 66.9 Å². The Morgan fingerprint density at radius 2 is 1.30 bits per heavy atom. The van der Waals surface area contributed by atoms with Gasteiger partial charge in [0.1, 0.15) is 17.8 Å². The summed E-state index contributed by atoms with van der Waals surface area (Å²) in [5.74, 6) is 0. The molecule has 1 aliphatic heterocycles. The first kappa shape index (κ1) is 20.7. The molecule has 4 rings (SSSR count). The van der Waals surface area contributed by atoms with Gasteiger partial charge >= 0.3 is 0 Å². The fourth-order valence-electron chi connectivity index (χ4n) is 3.96. The summed E-state index contributed by atoms with van der Waals surface area (Å²) < 4.78 is 12.5. The van der Waals surface area contributed by atoms with Gasteiger partial charge in [-0.1, -0.05) is 91.0 Å². The topological polar surface area (TPSA) is 38.7 Å². The van der Waals surface area contributed by atoms with Crippen molar-refractivity contribution in [2.45, 2.75) is 23.1 Å². The minimum Gasteiger partial charge on any atom is -0.493 e. The minimum absolute atomic E-state index is 0.00748. The lowest BCUT2D eigenvalue weighted by Gasteiger charge is -2.38. The smallest absolute Gasteiger partial charge is 0.148 e. The van der Waals surface area contributed by atoms with Crippen LogP contribution in [0.3, 0.4) is 0 Å². The van der Waals surface area contributed by atoms with Crippen LogP contribution in [0.25, 0.3) is 0 Å². The average molecular weight is 419 g/mol. The Hall–Kier alpha value is -2.53. The van der Waals surface area contributed by atoms with Gasteiger partial charge in [-0.2, -0.15) is 11.8 Å². The SMILES string of the molecule is CS[C@H]1C=CO[C@H](COC(c2ccccc2)(c2ccccc2)c2ccccc2)[C@@H]1O. The first-order valence-electron chi connectivity index (χ1n) is 10.1. The van der Waals surface area contributed by atoms with Crippen LogP contribution >= 0.6 is 11.8 Å². The number of thioether (sulfide) groups is 1. The van der Waals surface area contributed by atoms with E-state index in [-0.39, 0.29) is 11.9 Å². The number of aliphatic hydroxyl groups is 1. The van der Waals surface area contributed by atoms with Crippen LogP contribution in [0.2, 0.25) is 0 Å². The van der Waals surface area contributed by atoms with E-state index in [2.05, 4.69) is 36.4 Å². The van der Waals surface area contributed by atoms with Crippen LogP contribution in [0, 0.1) is 0 Å². The van der Waals surface area contributed by atoms with Crippen molar-refractivity contribution in [3.05, 3.63) is 120 Å². The summed E-state index contributed by atoms with van der Waals surface area (Å²) in [6, 6.07) is 30.7. The summed E-state index contributed by atoms with van der Waals surface area (Å²) in [5, 5.41) is 10.8. The minimum atomic E-state index is -0.817. The predicted octanol–water partition coefficient (Wildman–Crippen LogP) is 5.00. The lowest BCUT2D eigenvalue weighted by atomic mass is 9.80. The van der Waals surface area contributed by atoms with Crippen molar-refractivity contribution in [3.63, 3.8) is 0 Å². The van der Waals surface area contributed by atoms with E-state index < -0.39 is 17.8 Å². The summed E-state index contributed by atoms with van der Waals surface area (Å²) in [6.45, 7) is 0.251. The number of benzene rings is 3. The molecule has 1 heterocycles. The van der Waals surface area contributed by atoms with Crippen LogP contribution in [0.4, 0.5) is 0 Å². The highest BCUT2D eigenvalue weighted by Gasteiger charge is 2.40. The second-order valence-electron chi connectivity index (χ2n) is 7.28. The van der Waals surface area contributed by atoms with Crippen molar-refractivity contribution in [1.82, 2.24) is 0 Å². The fourth-order valence-corrected chi connectivity index (χ4v) is 4.64. The van der Waals surface area contributed by atoms with Crippen LogP contribution in [0.1, 0.15) is 16.7 Å². The van der Waals surface area contributed by atoms with Crippen LogP contribution in [0.15, 0.2) is 103 Å². The molecule has 0 bridgehead atoms. The van der Waals surface area contributed by atoms with Gasteiger partial charge in [-0.15, -0.1) is 0 Å². The second-order valence-corrected chi connectivity index (χ2v) is 8.30. The van der Waals surface area contributed by atoms with Gasteiger partial charge in [-0.25, -0.2) is 0 Å². The maximum atomic E-state index is 10.8. The number of aliphatic hydroxyl groups excluding tert-OH is 1. The van der Waals surface area contributed by atoms with Gasteiger partial charge < -0.3 is 14.6 Å². The molecule has 3 aromatic carbocycles. The van der Waals surface area contributed by atoms with Gasteiger partial charge in [-0.3, -0.25) is 0 Å². The molecule has 0 saturated carbocycles. The normalized spacial score (nSPS) is 21.2. The maximum absolute atomic E-state index is 10.8. The number of hydrogen-bond acceptors (Lipinski definition) is 4. The van der Waals surface area contributed by atoms with E-state index >= 15 is 0 Å². The summed E-state index contributed by atoms with van der Waals surface area (Å²) >= 11 is 1.61. The first-order chi connectivity index (χ1) is 14.8. The Bertz CT molecular complexity index is 847. The van der Waals surface area contributed by atoms with Crippen molar-refractivity contribution in [1.29, 1.82) is 0 Å². The van der Waals surface area contributed by atoms with Gasteiger partial charge in [0, 0.05) is 0 Å². The van der Waals surface area contributed by atoms with Crippen LogP contribution in [0.5, 0.6) is 0 Å². The number of rotatable bonds is 7. The summed E-state index contributed by atoms with van der Waals surface area (Å²) in [5.41, 5.74) is 2.28. The number of ether oxygens (including phenoxy) is 2. The molecule has 4 heteroatoms. The molecule has 0 fully saturated rings. The van der Waals surface area contributed by atoms with E-state index in [9.17, 15) is 5.11 Å². The van der Waals surface area contributed by atoms with Gasteiger partial charge in [-0.05, 0) is 29.0 Å². The molecule has 3 nitrogen and oxygen atoms in total. The average Bonchev–Trinajstić information content (AvgIpc) is 2.82. The first-order valence-corrected chi connectivity index (χ1v) is 11.4. The van der Waals surface area contributed by atoms with Gasteiger partial charge in [0.2, 0.25) is 0 Å². The van der Waals surface area contributed by atoms with Crippen molar-refractivity contribution in [2.24, 2.45) is 0 Å². The zero-order valence-electron chi connectivity index (χ0n) is 16.9. The van der Waals surface area contributed by atoms with Crippen molar-refractivity contribution in [2.75, 3.05) is 12.9 Å². The molecule has 154 valence electrons. The van der Waals surface area contributed by atoms with Gasteiger partial charge in [0.05, 0.1) is 18.1 Å². The highest BCUT2D eigenvalue weighted by Crippen LogP contribution is 2.41. The highest BCUT2D eigenvalue weighted by atomic mass is 32.2. The molecule has 30 heavy (non-hydrogen) atoms. The molecule has 3 atom stereocenters. The summed E-state index contributed by atoms with van der Waals surface area (Å²) in [6.07, 6.45) is 4.49. The standard InChI is InChI=1S/C26H26O3S/c1-30-24-17-18-28-23(25(24)27)19-29-26(20-11-5-2-6-12-20,21-13-7-3-8-14-21)22-15-9-4-10-16-22/h2-18,23-25,27H,19H2,1H3/t23-,24+,25+/m1/s1. The Morgan fingerprint density at radius 3 is 1.73 bits per heavy atom. The van der Waals surface area contributed by atoms with Crippen LogP contribution in [-0.4, -0.2) is 35.4 Å². The molecule has 3 aromatic rings. The molecule has 0 amide bonds. The molecule has 1 aliphatic rings. The van der Waals surface area contributed by atoms with Crippen molar-refractivity contribution in [3.8, 4) is 0 Å². The second kappa shape index (κ2) is 9.52. The third-order valence-electron chi connectivity index (χ3n) is 5.52. The van der Waals surface area contributed by atoms with E-state index in [1.165, 1.54) is 0 Å². The fraction of sp³-hybridized carbons (Fsp3) is 0.231. The molecule has 0 spiro atoms. The lowest BCUT2D eigenvalue weighted by Crippen LogP contribution is -2.44. The summed E-state index contributed by atoms with van der Waals surface area (Å²) in [7, 11) is 0. The molecule has 0 aliphatic carbocycles. The van der Waals surface area contributed by atoms with E-state index in [0.29, 0.717) is 0 Å². The summed E-state index contributed by atoms with van der Waals surface area (Å²) in [4.78, 5) is 0. The highest BCUT2D eigenvalue weighted by molar-refractivity contribution is 7.99. The Morgan fingerprint density at radius 1 is 0.833 bits per heavy atom. The predicted molar refractivity (Wildman–Crippen MR) is 122 cm³/mol.